The minimum Gasteiger partial charge on any atom is -0.370 e. The number of rotatable bonds is 6. The Kier molecular flexibility index (Phi) is 5.72. The van der Waals surface area contributed by atoms with Crippen molar-refractivity contribution in [2.45, 2.75) is 25.7 Å². The third-order valence-corrected chi connectivity index (χ3v) is 1.24. The second kappa shape index (κ2) is 6.26. The van der Waals surface area contributed by atoms with E-state index in [0.717, 1.165) is 25.8 Å². The van der Waals surface area contributed by atoms with E-state index in [4.69, 9.17) is 5.73 Å². The predicted octanol–water partition coefficient (Wildman–Crippen LogP) is 0.733. The van der Waals surface area contributed by atoms with Gasteiger partial charge in [0, 0.05) is 13.0 Å². The molecule has 0 saturated carbocycles. The number of nitrogens with zero attached hydrogens (tertiary/aromatic N) is 1. The molecule has 2 N–H and O–H groups in total. The van der Waals surface area contributed by atoms with Gasteiger partial charge in [0.1, 0.15) is 0 Å². The summed E-state index contributed by atoms with van der Waals surface area (Å²) < 4.78 is 0. The van der Waals surface area contributed by atoms with Gasteiger partial charge in [-0.3, -0.25) is 4.79 Å². The predicted molar refractivity (Wildman–Crippen MR) is 42.1 cm³/mol. The Morgan fingerprint density at radius 3 is 2.60 bits per heavy atom. The number of primary amides is 1. The molecular formula is C7H14N2O. The van der Waals surface area contributed by atoms with Gasteiger partial charge in [-0.25, -0.2) is 0 Å². The number of carbonyl (C=O) groups is 1. The molecule has 0 aliphatic rings. The summed E-state index contributed by atoms with van der Waals surface area (Å²) in [6, 6.07) is 0. The Labute approximate surface area is 61.3 Å². The van der Waals surface area contributed by atoms with Gasteiger partial charge in [-0.05, 0) is 19.6 Å². The number of carbonyl (C=O) groups excluding carboxylic acids is 1. The summed E-state index contributed by atoms with van der Waals surface area (Å²) in [4.78, 5) is 13.9. The number of hydrogen-bond acceptors (Lipinski definition) is 2. The van der Waals surface area contributed by atoms with E-state index < -0.39 is 0 Å². The molecule has 0 spiro atoms. The van der Waals surface area contributed by atoms with Crippen LogP contribution in [0.4, 0.5) is 0 Å². The van der Waals surface area contributed by atoms with Crippen LogP contribution in [-0.2, 0) is 4.79 Å². The van der Waals surface area contributed by atoms with Gasteiger partial charge in [0.25, 0.3) is 0 Å². The highest BCUT2D eigenvalue weighted by Gasteiger charge is 1.92. The molecule has 3 heteroatoms. The van der Waals surface area contributed by atoms with Crippen LogP contribution in [0.5, 0.6) is 0 Å². The van der Waals surface area contributed by atoms with Crippen molar-refractivity contribution in [1.82, 2.24) is 0 Å². The molecule has 0 bridgehead atoms. The van der Waals surface area contributed by atoms with E-state index in [1.165, 1.54) is 0 Å². The van der Waals surface area contributed by atoms with Crippen molar-refractivity contribution in [1.29, 1.82) is 0 Å². The van der Waals surface area contributed by atoms with E-state index in [1.807, 2.05) is 0 Å². The average molecular weight is 142 g/mol. The van der Waals surface area contributed by atoms with Crippen LogP contribution in [0.25, 0.3) is 0 Å². The minimum atomic E-state index is -0.216. The summed E-state index contributed by atoms with van der Waals surface area (Å²) in [6.07, 6.45) is 3.40. The van der Waals surface area contributed by atoms with Crippen LogP contribution in [0.15, 0.2) is 4.99 Å². The van der Waals surface area contributed by atoms with Gasteiger partial charge >= 0.3 is 0 Å². The largest absolute Gasteiger partial charge is 0.370 e. The molecular weight excluding hydrogens is 128 g/mol. The molecule has 0 rings (SSSR count). The summed E-state index contributed by atoms with van der Waals surface area (Å²) in [6.45, 7) is 4.14. The molecule has 0 aromatic rings. The first kappa shape index (κ1) is 9.14. The van der Waals surface area contributed by atoms with Crippen molar-refractivity contribution in [3.63, 3.8) is 0 Å². The molecule has 0 aromatic carbocycles. The van der Waals surface area contributed by atoms with Gasteiger partial charge in [-0.2, -0.15) is 0 Å². The first-order valence-corrected chi connectivity index (χ1v) is 3.48. The summed E-state index contributed by atoms with van der Waals surface area (Å²) in [5, 5.41) is 0. The standard InChI is InChI=1S/C7H14N2O/c1-9-6-4-2-3-5-7(8)10/h1-6H2,(H2,8,10). The quantitative estimate of drug-likeness (QED) is 0.431. The van der Waals surface area contributed by atoms with E-state index in [0.29, 0.717) is 6.42 Å². The van der Waals surface area contributed by atoms with Crippen LogP contribution in [0.3, 0.4) is 0 Å². The van der Waals surface area contributed by atoms with Crippen LogP contribution >= 0.6 is 0 Å². The summed E-state index contributed by atoms with van der Waals surface area (Å²) >= 11 is 0. The van der Waals surface area contributed by atoms with Crippen molar-refractivity contribution in [2.24, 2.45) is 10.7 Å². The first-order valence-electron chi connectivity index (χ1n) is 3.48. The summed E-state index contributed by atoms with van der Waals surface area (Å²) in [7, 11) is 0. The lowest BCUT2D eigenvalue weighted by Gasteiger charge is -1.94. The number of amides is 1. The zero-order chi connectivity index (χ0) is 7.82. The second-order valence-corrected chi connectivity index (χ2v) is 2.22. The Bertz CT molecular complexity index is 112. The molecule has 0 aliphatic carbocycles. The molecule has 0 atom stereocenters. The smallest absolute Gasteiger partial charge is 0.217 e. The van der Waals surface area contributed by atoms with Crippen molar-refractivity contribution in [3.8, 4) is 0 Å². The number of hydrogen-bond donors (Lipinski definition) is 1. The Hall–Kier alpha value is -0.860. The fraction of sp³-hybridized carbons (Fsp3) is 0.714. The zero-order valence-corrected chi connectivity index (χ0v) is 6.18. The maximum Gasteiger partial charge on any atom is 0.217 e. The van der Waals surface area contributed by atoms with Gasteiger partial charge in [0.15, 0.2) is 0 Å². The lowest BCUT2D eigenvalue weighted by molar-refractivity contribution is -0.118. The normalized spacial score (nSPS) is 9.20. The van der Waals surface area contributed by atoms with Crippen LogP contribution < -0.4 is 5.73 Å². The summed E-state index contributed by atoms with van der Waals surface area (Å²) in [5.41, 5.74) is 4.93. The Morgan fingerprint density at radius 2 is 2.10 bits per heavy atom. The Morgan fingerprint density at radius 1 is 1.40 bits per heavy atom. The number of nitrogens with two attached hydrogens (primary N) is 1. The van der Waals surface area contributed by atoms with E-state index in [1.54, 1.807) is 0 Å². The monoisotopic (exact) mass is 142 g/mol. The molecule has 0 unspecified atom stereocenters. The van der Waals surface area contributed by atoms with E-state index in [2.05, 4.69) is 11.7 Å². The van der Waals surface area contributed by atoms with Crippen molar-refractivity contribution < 1.29 is 4.79 Å². The summed E-state index contributed by atoms with van der Waals surface area (Å²) in [5.74, 6) is -0.216. The van der Waals surface area contributed by atoms with E-state index in [-0.39, 0.29) is 5.91 Å². The molecule has 0 fully saturated rings. The molecule has 0 aliphatic heterocycles. The number of aliphatic imine (C=N–C) groups is 1. The molecule has 10 heavy (non-hydrogen) atoms. The second-order valence-electron chi connectivity index (χ2n) is 2.22. The maximum atomic E-state index is 10.2. The van der Waals surface area contributed by atoms with Gasteiger partial charge < -0.3 is 10.7 Å². The lowest BCUT2D eigenvalue weighted by Crippen LogP contribution is -2.09. The van der Waals surface area contributed by atoms with Gasteiger partial charge in [0.05, 0.1) is 0 Å². The molecule has 0 aromatic heterocycles. The van der Waals surface area contributed by atoms with Crippen LogP contribution in [0.2, 0.25) is 0 Å². The third-order valence-electron chi connectivity index (χ3n) is 1.24. The highest BCUT2D eigenvalue weighted by Crippen LogP contribution is 1.98. The Balaban J connectivity index is 2.90. The van der Waals surface area contributed by atoms with Gasteiger partial charge in [0.2, 0.25) is 5.91 Å². The topological polar surface area (TPSA) is 55.4 Å². The van der Waals surface area contributed by atoms with Crippen molar-refractivity contribution in [3.05, 3.63) is 0 Å². The molecule has 58 valence electrons. The van der Waals surface area contributed by atoms with E-state index in [9.17, 15) is 4.79 Å². The highest BCUT2D eigenvalue weighted by molar-refractivity contribution is 5.73. The van der Waals surface area contributed by atoms with Crippen LogP contribution in [-0.4, -0.2) is 19.2 Å². The first-order chi connectivity index (χ1) is 4.77. The fourth-order valence-corrected chi connectivity index (χ4v) is 0.700. The molecule has 0 saturated heterocycles. The highest BCUT2D eigenvalue weighted by atomic mass is 16.1. The SMILES string of the molecule is C=NCCCCCC(N)=O. The number of unbranched alkanes of at least 4 members (excludes halogenated alkanes) is 2. The van der Waals surface area contributed by atoms with Crippen molar-refractivity contribution in [2.75, 3.05) is 6.54 Å². The molecule has 1 amide bonds. The molecule has 0 radical (unpaired) electrons. The van der Waals surface area contributed by atoms with Crippen molar-refractivity contribution >= 4 is 12.6 Å². The van der Waals surface area contributed by atoms with Crippen LogP contribution in [0.1, 0.15) is 25.7 Å². The zero-order valence-electron chi connectivity index (χ0n) is 6.18. The van der Waals surface area contributed by atoms with Gasteiger partial charge in [-0.1, -0.05) is 6.42 Å². The lowest BCUT2D eigenvalue weighted by atomic mass is 10.2. The molecule has 3 nitrogen and oxygen atoms in total. The van der Waals surface area contributed by atoms with Gasteiger partial charge in [-0.15, -0.1) is 0 Å². The third kappa shape index (κ3) is 7.14. The fourth-order valence-electron chi connectivity index (χ4n) is 0.700. The van der Waals surface area contributed by atoms with Crippen LogP contribution in [0, 0.1) is 0 Å². The maximum absolute atomic E-state index is 10.2. The molecule has 0 heterocycles. The average Bonchev–Trinajstić information content (AvgIpc) is 1.87. The van der Waals surface area contributed by atoms with E-state index >= 15 is 0 Å². The minimum absolute atomic E-state index is 0.216.